The highest BCUT2D eigenvalue weighted by Gasteiger charge is 2.42. The SMILES string of the molecule is COc1ccc(N2C(=O)CC[C@@H](C(=O)Oc3ccccc3)[C@H]2c2ccccc2)cc1. The van der Waals surface area contributed by atoms with Gasteiger partial charge in [-0.2, -0.15) is 0 Å². The number of hydrogen-bond acceptors (Lipinski definition) is 4. The van der Waals surface area contributed by atoms with E-state index in [0.717, 1.165) is 11.3 Å². The van der Waals surface area contributed by atoms with Gasteiger partial charge < -0.3 is 14.4 Å². The average Bonchev–Trinajstić information content (AvgIpc) is 2.80. The number of benzene rings is 3. The molecule has 0 N–H and O–H groups in total. The number of esters is 1. The van der Waals surface area contributed by atoms with Crippen LogP contribution in [-0.4, -0.2) is 19.0 Å². The normalized spacial score (nSPS) is 18.7. The van der Waals surface area contributed by atoms with Crippen molar-refractivity contribution in [1.82, 2.24) is 0 Å². The first kappa shape index (κ1) is 19.7. The van der Waals surface area contributed by atoms with Crippen LogP contribution < -0.4 is 14.4 Å². The number of ether oxygens (including phenoxy) is 2. The van der Waals surface area contributed by atoms with E-state index in [2.05, 4.69) is 0 Å². The maximum atomic E-state index is 13.2. The fourth-order valence-corrected chi connectivity index (χ4v) is 3.90. The molecule has 1 aliphatic heterocycles. The van der Waals surface area contributed by atoms with Crippen molar-refractivity contribution in [1.29, 1.82) is 0 Å². The van der Waals surface area contributed by atoms with Crippen LogP contribution in [-0.2, 0) is 9.59 Å². The van der Waals surface area contributed by atoms with Crippen molar-refractivity contribution in [3.05, 3.63) is 90.5 Å². The van der Waals surface area contributed by atoms with Crippen LogP contribution >= 0.6 is 0 Å². The number of carbonyl (C=O) groups excluding carboxylic acids is 2. The van der Waals surface area contributed by atoms with E-state index in [1.165, 1.54) is 0 Å². The van der Waals surface area contributed by atoms with Crippen LogP contribution in [0.25, 0.3) is 0 Å². The average molecular weight is 401 g/mol. The molecule has 5 nitrogen and oxygen atoms in total. The summed E-state index contributed by atoms with van der Waals surface area (Å²) in [7, 11) is 1.60. The maximum Gasteiger partial charge on any atom is 0.316 e. The van der Waals surface area contributed by atoms with E-state index >= 15 is 0 Å². The number of para-hydroxylation sites is 1. The lowest BCUT2D eigenvalue weighted by Gasteiger charge is -2.40. The van der Waals surface area contributed by atoms with Gasteiger partial charge >= 0.3 is 5.97 Å². The van der Waals surface area contributed by atoms with Crippen LogP contribution in [0.4, 0.5) is 5.69 Å². The Morgan fingerprint density at radius 1 is 0.867 bits per heavy atom. The monoisotopic (exact) mass is 401 g/mol. The molecule has 0 radical (unpaired) electrons. The van der Waals surface area contributed by atoms with E-state index in [1.54, 1.807) is 24.1 Å². The van der Waals surface area contributed by atoms with Crippen molar-refractivity contribution in [3.63, 3.8) is 0 Å². The van der Waals surface area contributed by atoms with Gasteiger partial charge in [-0.05, 0) is 48.4 Å². The molecule has 152 valence electrons. The molecule has 1 heterocycles. The molecule has 4 rings (SSSR count). The largest absolute Gasteiger partial charge is 0.497 e. The molecule has 3 aromatic carbocycles. The maximum absolute atomic E-state index is 13.2. The molecule has 1 fully saturated rings. The Morgan fingerprint density at radius 2 is 1.50 bits per heavy atom. The van der Waals surface area contributed by atoms with Crippen LogP contribution in [0.5, 0.6) is 11.5 Å². The highest BCUT2D eigenvalue weighted by Crippen LogP contribution is 2.41. The van der Waals surface area contributed by atoms with Gasteiger partial charge in [0.15, 0.2) is 0 Å². The summed E-state index contributed by atoms with van der Waals surface area (Å²) >= 11 is 0. The summed E-state index contributed by atoms with van der Waals surface area (Å²) in [5.74, 6) is 0.382. The van der Waals surface area contributed by atoms with Crippen LogP contribution in [0, 0.1) is 5.92 Å². The predicted octanol–water partition coefficient (Wildman–Crippen LogP) is 4.79. The number of nitrogens with zero attached hydrogens (tertiary/aromatic N) is 1. The minimum Gasteiger partial charge on any atom is -0.497 e. The standard InChI is InChI=1S/C25H23NO4/c1-29-20-14-12-19(13-15-20)26-23(27)17-16-22(24(26)18-8-4-2-5-9-18)25(28)30-21-10-6-3-7-11-21/h2-15,22,24H,16-17H2,1H3/t22-,24-/m1/s1. The molecule has 1 aliphatic rings. The molecule has 0 bridgehead atoms. The summed E-state index contributed by atoms with van der Waals surface area (Å²) in [4.78, 5) is 27.9. The van der Waals surface area contributed by atoms with Gasteiger partial charge in [0.05, 0.1) is 19.1 Å². The first-order valence-electron chi connectivity index (χ1n) is 9.95. The van der Waals surface area contributed by atoms with Gasteiger partial charge in [0.2, 0.25) is 5.91 Å². The zero-order chi connectivity index (χ0) is 20.9. The first-order chi connectivity index (χ1) is 14.7. The highest BCUT2D eigenvalue weighted by molar-refractivity contribution is 5.97. The molecule has 5 heteroatoms. The minimum atomic E-state index is -0.479. The lowest BCUT2D eigenvalue weighted by Crippen LogP contribution is -2.46. The van der Waals surface area contributed by atoms with Crippen LogP contribution in [0.1, 0.15) is 24.4 Å². The lowest BCUT2D eigenvalue weighted by atomic mass is 9.84. The van der Waals surface area contributed by atoms with Crippen LogP contribution in [0.15, 0.2) is 84.9 Å². The van der Waals surface area contributed by atoms with Gasteiger partial charge in [-0.3, -0.25) is 9.59 Å². The molecule has 0 spiro atoms. The second-order valence-corrected chi connectivity index (χ2v) is 7.20. The topological polar surface area (TPSA) is 55.8 Å². The van der Waals surface area contributed by atoms with Crippen molar-refractivity contribution < 1.29 is 19.1 Å². The second-order valence-electron chi connectivity index (χ2n) is 7.20. The highest BCUT2D eigenvalue weighted by atomic mass is 16.5. The summed E-state index contributed by atoms with van der Waals surface area (Å²) in [6.07, 6.45) is 0.723. The van der Waals surface area contributed by atoms with Gasteiger partial charge in [0.25, 0.3) is 0 Å². The minimum absolute atomic E-state index is 0.0159. The molecule has 30 heavy (non-hydrogen) atoms. The van der Waals surface area contributed by atoms with Crippen LogP contribution in [0.3, 0.4) is 0 Å². The van der Waals surface area contributed by atoms with E-state index in [-0.39, 0.29) is 18.3 Å². The van der Waals surface area contributed by atoms with E-state index in [4.69, 9.17) is 9.47 Å². The quantitative estimate of drug-likeness (QED) is 0.456. The Morgan fingerprint density at radius 3 is 2.13 bits per heavy atom. The van der Waals surface area contributed by atoms with E-state index in [0.29, 0.717) is 17.9 Å². The third-order valence-corrected chi connectivity index (χ3v) is 5.35. The Labute approximate surface area is 175 Å². The fraction of sp³-hybridized carbons (Fsp3) is 0.200. The number of hydrogen-bond donors (Lipinski definition) is 0. The summed E-state index contributed by atoms with van der Waals surface area (Å²) in [5, 5.41) is 0. The van der Waals surface area contributed by atoms with Crippen molar-refractivity contribution >= 4 is 17.6 Å². The Hall–Kier alpha value is -3.60. The van der Waals surface area contributed by atoms with Gasteiger partial charge in [-0.1, -0.05) is 48.5 Å². The molecular weight excluding hydrogens is 378 g/mol. The third-order valence-electron chi connectivity index (χ3n) is 5.35. The Bertz CT molecular complexity index is 1000. The van der Waals surface area contributed by atoms with Gasteiger partial charge in [-0.15, -0.1) is 0 Å². The van der Waals surface area contributed by atoms with Gasteiger partial charge in [-0.25, -0.2) is 0 Å². The van der Waals surface area contributed by atoms with Gasteiger partial charge in [0.1, 0.15) is 11.5 Å². The zero-order valence-electron chi connectivity index (χ0n) is 16.7. The molecule has 0 unspecified atom stereocenters. The molecule has 0 aliphatic carbocycles. The third kappa shape index (κ3) is 4.06. The Balaban J connectivity index is 1.71. The smallest absolute Gasteiger partial charge is 0.316 e. The summed E-state index contributed by atoms with van der Waals surface area (Å²) in [6.45, 7) is 0. The number of amides is 1. The molecule has 0 saturated carbocycles. The number of rotatable bonds is 5. The molecule has 2 atom stereocenters. The van der Waals surface area contributed by atoms with Gasteiger partial charge in [0, 0.05) is 12.1 Å². The number of piperidine rings is 1. The van der Waals surface area contributed by atoms with E-state index < -0.39 is 12.0 Å². The number of anilines is 1. The molecule has 1 saturated heterocycles. The van der Waals surface area contributed by atoms with E-state index in [1.807, 2.05) is 72.8 Å². The van der Waals surface area contributed by atoms with Crippen molar-refractivity contribution in [2.75, 3.05) is 12.0 Å². The second kappa shape index (κ2) is 8.82. The summed E-state index contributed by atoms with van der Waals surface area (Å²) < 4.78 is 10.9. The van der Waals surface area contributed by atoms with E-state index in [9.17, 15) is 9.59 Å². The molecule has 0 aromatic heterocycles. The predicted molar refractivity (Wildman–Crippen MR) is 114 cm³/mol. The molecular formula is C25H23NO4. The number of methoxy groups -OCH3 is 1. The Kier molecular flexibility index (Phi) is 5.80. The van der Waals surface area contributed by atoms with Crippen LogP contribution in [0.2, 0.25) is 0 Å². The van der Waals surface area contributed by atoms with Crippen molar-refractivity contribution in [2.24, 2.45) is 5.92 Å². The van der Waals surface area contributed by atoms with Crippen molar-refractivity contribution in [3.8, 4) is 11.5 Å². The van der Waals surface area contributed by atoms with Crippen molar-refractivity contribution in [2.45, 2.75) is 18.9 Å². The lowest BCUT2D eigenvalue weighted by molar-refractivity contribution is -0.141. The molecule has 1 amide bonds. The molecule has 3 aromatic rings. The summed E-state index contributed by atoms with van der Waals surface area (Å²) in [6, 6.07) is 25.6. The zero-order valence-corrected chi connectivity index (χ0v) is 16.7. The fourth-order valence-electron chi connectivity index (χ4n) is 3.90. The first-order valence-corrected chi connectivity index (χ1v) is 9.95. The number of carbonyl (C=O) groups is 2. The summed E-state index contributed by atoms with van der Waals surface area (Å²) in [5.41, 5.74) is 1.63.